The van der Waals surface area contributed by atoms with Crippen LogP contribution in [0.15, 0.2) is 30.3 Å². The van der Waals surface area contributed by atoms with E-state index < -0.39 is 0 Å². The molecule has 0 heterocycles. The van der Waals surface area contributed by atoms with Crippen molar-refractivity contribution in [1.82, 2.24) is 5.32 Å². The summed E-state index contributed by atoms with van der Waals surface area (Å²) in [6, 6.07) is 10.8. The van der Waals surface area contributed by atoms with Gasteiger partial charge in [-0.3, -0.25) is 0 Å². The van der Waals surface area contributed by atoms with Crippen molar-refractivity contribution in [3.8, 4) is 11.1 Å². The van der Waals surface area contributed by atoms with Crippen LogP contribution in [0.3, 0.4) is 0 Å². The van der Waals surface area contributed by atoms with Crippen molar-refractivity contribution in [2.75, 3.05) is 6.54 Å². The molecule has 0 radical (unpaired) electrons. The van der Waals surface area contributed by atoms with Gasteiger partial charge in [-0.1, -0.05) is 36.7 Å². The van der Waals surface area contributed by atoms with Crippen molar-refractivity contribution in [2.45, 2.75) is 34.2 Å². The summed E-state index contributed by atoms with van der Waals surface area (Å²) in [6.07, 6.45) is 0. The first-order valence-corrected chi connectivity index (χ1v) is 7.48. The third-order valence-corrected chi connectivity index (χ3v) is 4.06. The van der Waals surface area contributed by atoms with E-state index in [1.165, 1.54) is 27.8 Å². The summed E-state index contributed by atoms with van der Waals surface area (Å²) >= 11 is 6.42. The monoisotopic (exact) mass is 287 g/mol. The fourth-order valence-electron chi connectivity index (χ4n) is 2.39. The van der Waals surface area contributed by atoms with Crippen molar-refractivity contribution < 1.29 is 0 Å². The first kappa shape index (κ1) is 15.1. The lowest BCUT2D eigenvalue weighted by atomic mass is 9.95. The van der Waals surface area contributed by atoms with E-state index in [1.54, 1.807) is 0 Å². The number of aryl methyl sites for hydroxylation is 3. The lowest BCUT2D eigenvalue weighted by Crippen LogP contribution is -2.11. The van der Waals surface area contributed by atoms with Gasteiger partial charge in [0.15, 0.2) is 0 Å². The lowest BCUT2D eigenvalue weighted by Gasteiger charge is -2.13. The highest BCUT2D eigenvalue weighted by Crippen LogP contribution is 2.33. The van der Waals surface area contributed by atoms with Gasteiger partial charge in [0, 0.05) is 17.1 Å². The van der Waals surface area contributed by atoms with Gasteiger partial charge in [0.1, 0.15) is 0 Å². The van der Waals surface area contributed by atoms with Crippen LogP contribution < -0.4 is 5.32 Å². The van der Waals surface area contributed by atoms with Gasteiger partial charge in [-0.25, -0.2) is 0 Å². The van der Waals surface area contributed by atoms with Gasteiger partial charge in [-0.15, -0.1) is 0 Å². The molecular formula is C18H22ClN. The summed E-state index contributed by atoms with van der Waals surface area (Å²) < 4.78 is 0. The maximum absolute atomic E-state index is 6.42. The first-order chi connectivity index (χ1) is 9.52. The second kappa shape index (κ2) is 6.43. The Morgan fingerprint density at radius 1 is 0.900 bits per heavy atom. The Morgan fingerprint density at radius 2 is 1.60 bits per heavy atom. The Kier molecular flexibility index (Phi) is 4.85. The van der Waals surface area contributed by atoms with Crippen LogP contribution in [-0.4, -0.2) is 6.54 Å². The minimum absolute atomic E-state index is 0.829. The number of rotatable bonds is 4. The Balaban J connectivity index is 2.41. The van der Waals surface area contributed by atoms with Crippen LogP contribution in [0.2, 0.25) is 5.02 Å². The van der Waals surface area contributed by atoms with E-state index in [0.29, 0.717) is 0 Å². The number of benzene rings is 2. The van der Waals surface area contributed by atoms with Crippen molar-refractivity contribution in [2.24, 2.45) is 0 Å². The zero-order valence-corrected chi connectivity index (χ0v) is 13.4. The van der Waals surface area contributed by atoms with Gasteiger partial charge in [-0.2, -0.15) is 0 Å². The zero-order chi connectivity index (χ0) is 14.7. The molecule has 0 bridgehead atoms. The van der Waals surface area contributed by atoms with Crippen LogP contribution >= 0.6 is 11.6 Å². The van der Waals surface area contributed by atoms with E-state index in [2.05, 4.69) is 63.3 Å². The zero-order valence-electron chi connectivity index (χ0n) is 12.7. The Morgan fingerprint density at radius 3 is 2.25 bits per heavy atom. The molecule has 0 unspecified atom stereocenters. The van der Waals surface area contributed by atoms with E-state index in [4.69, 9.17) is 11.6 Å². The molecule has 0 amide bonds. The SMILES string of the molecule is CCNCc1ccc(-c2cc(C)c(C)cc2Cl)c(C)c1. The molecule has 0 saturated carbocycles. The summed E-state index contributed by atoms with van der Waals surface area (Å²) in [4.78, 5) is 0. The first-order valence-electron chi connectivity index (χ1n) is 7.10. The van der Waals surface area contributed by atoms with E-state index >= 15 is 0 Å². The highest BCUT2D eigenvalue weighted by Gasteiger charge is 2.09. The Labute approximate surface area is 127 Å². The van der Waals surface area contributed by atoms with Crippen LogP contribution in [0.25, 0.3) is 11.1 Å². The molecule has 1 nitrogen and oxygen atoms in total. The molecule has 0 aliphatic heterocycles. The molecule has 106 valence electrons. The van der Waals surface area contributed by atoms with Crippen LogP contribution in [0, 0.1) is 20.8 Å². The largest absolute Gasteiger partial charge is 0.313 e. The maximum Gasteiger partial charge on any atom is 0.0487 e. The molecule has 2 aromatic carbocycles. The molecule has 2 heteroatoms. The molecule has 20 heavy (non-hydrogen) atoms. The third-order valence-electron chi connectivity index (χ3n) is 3.74. The summed E-state index contributed by atoms with van der Waals surface area (Å²) in [5.74, 6) is 0. The van der Waals surface area contributed by atoms with Gasteiger partial charge < -0.3 is 5.32 Å². The fraction of sp³-hybridized carbons (Fsp3) is 0.333. The molecule has 0 aliphatic rings. The third kappa shape index (κ3) is 3.23. The van der Waals surface area contributed by atoms with Gasteiger partial charge in [-0.05, 0) is 67.3 Å². The van der Waals surface area contributed by atoms with Crippen molar-refractivity contribution in [3.63, 3.8) is 0 Å². The van der Waals surface area contributed by atoms with E-state index in [9.17, 15) is 0 Å². The summed E-state index contributed by atoms with van der Waals surface area (Å²) in [6.45, 7) is 10.4. The summed E-state index contributed by atoms with van der Waals surface area (Å²) in [7, 11) is 0. The standard InChI is InChI=1S/C18H22ClN/c1-5-20-11-15-6-7-16(14(4)8-15)17-9-12(2)13(3)10-18(17)19/h6-10,20H,5,11H2,1-4H3. The topological polar surface area (TPSA) is 12.0 Å². The van der Waals surface area contributed by atoms with Crippen LogP contribution in [-0.2, 0) is 6.54 Å². The van der Waals surface area contributed by atoms with Crippen molar-refractivity contribution >= 4 is 11.6 Å². The fourth-order valence-corrected chi connectivity index (χ4v) is 2.71. The molecule has 0 aliphatic carbocycles. The molecular weight excluding hydrogens is 266 g/mol. The predicted octanol–water partition coefficient (Wildman–Crippen LogP) is 5.04. The molecule has 0 atom stereocenters. The lowest BCUT2D eigenvalue weighted by molar-refractivity contribution is 0.726. The van der Waals surface area contributed by atoms with Crippen LogP contribution in [0.4, 0.5) is 0 Å². The molecule has 0 saturated heterocycles. The second-order valence-electron chi connectivity index (χ2n) is 5.35. The average molecular weight is 288 g/mol. The minimum atomic E-state index is 0.829. The van der Waals surface area contributed by atoms with E-state index in [1.807, 2.05) is 0 Å². The van der Waals surface area contributed by atoms with Gasteiger partial charge in [0.25, 0.3) is 0 Å². The molecule has 0 spiro atoms. The average Bonchev–Trinajstić information content (AvgIpc) is 2.41. The predicted molar refractivity (Wildman–Crippen MR) is 88.5 cm³/mol. The van der Waals surface area contributed by atoms with E-state index in [0.717, 1.165) is 23.7 Å². The minimum Gasteiger partial charge on any atom is -0.313 e. The number of nitrogens with one attached hydrogen (secondary N) is 1. The van der Waals surface area contributed by atoms with Gasteiger partial charge >= 0.3 is 0 Å². The molecule has 2 aromatic rings. The Bertz CT molecular complexity index is 617. The highest BCUT2D eigenvalue weighted by molar-refractivity contribution is 6.33. The number of hydrogen-bond acceptors (Lipinski definition) is 1. The molecule has 0 aromatic heterocycles. The summed E-state index contributed by atoms with van der Waals surface area (Å²) in [5, 5.41) is 4.18. The normalized spacial score (nSPS) is 10.8. The summed E-state index contributed by atoms with van der Waals surface area (Å²) in [5.41, 5.74) is 7.44. The number of halogens is 1. The molecule has 1 N–H and O–H groups in total. The van der Waals surface area contributed by atoms with Crippen LogP contribution in [0.5, 0.6) is 0 Å². The molecule has 0 fully saturated rings. The van der Waals surface area contributed by atoms with Gasteiger partial charge in [0.05, 0.1) is 0 Å². The van der Waals surface area contributed by atoms with E-state index in [-0.39, 0.29) is 0 Å². The molecule has 2 rings (SSSR count). The van der Waals surface area contributed by atoms with Crippen molar-refractivity contribution in [1.29, 1.82) is 0 Å². The van der Waals surface area contributed by atoms with Crippen LogP contribution in [0.1, 0.15) is 29.2 Å². The Hall–Kier alpha value is -1.31. The quantitative estimate of drug-likeness (QED) is 0.830. The smallest absolute Gasteiger partial charge is 0.0487 e. The second-order valence-corrected chi connectivity index (χ2v) is 5.75. The maximum atomic E-state index is 6.42. The highest BCUT2D eigenvalue weighted by atomic mass is 35.5. The number of hydrogen-bond donors (Lipinski definition) is 1. The van der Waals surface area contributed by atoms with Gasteiger partial charge in [0.2, 0.25) is 0 Å². The van der Waals surface area contributed by atoms with Crippen molar-refractivity contribution in [3.05, 3.63) is 57.6 Å².